The van der Waals surface area contributed by atoms with E-state index in [2.05, 4.69) is 21.0 Å². The molecule has 0 aliphatic carbocycles. The minimum Gasteiger partial charge on any atom is -0.495 e. The molecule has 3 aromatic carbocycles. The van der Waals surface area contributed by atoms with E-state index >= 15 is 0 Å². The molecule has 0 saturated heterocycles. The van der Waals surface area contributed by atoms with E-state index in [0.29, 0.717) is 39.8 Å². The van der Waals surface area contributed by atoms with Crippen molar-refractivity contribution in [3.63, 3.8) is 0 Å². The van der Waals surface area contributed by atoms with Crippen LogP contribution in [0.15, 0.2) is 90.3 Å². The zero-order valence-electron chi connectivity index (χ0n) is 21.7. The summed E-state index contributed by atoms with van der Waals surface area (Å²) in [6.07, 6.45) is 1.53. The predicted molar refractivity (Wildman–Crippen MR) is 149 cm³/mol. The number of ether oxygens (including phenoxy) is 1. The van der Waals surface area contributed by atoms with Crippen LogP contribution < -0.4 is 20.7 Å². The second-order valence-corrected chi connectivity index (χ2v) is 9.31. The number of amides is 2. The average molecular weight is 508 g/mol. The van der Waals surface area contributed by atoms with Gasteiger partial charge in [0.2, 0.25) is 0 Å². The summed E-state index contributed by atoms with van der Waals surface area (Å²) in [5, 5.41) is 13.8. The molecule has 1 unspecified atom stereocenters. The fourth-order valence-corrected chi connectivity index (χ4v) is 4.64. The maximum Gasteiger partial charge on any atom is 0.261 e. The van der Waals surface area contributed by atoms with Crippen LogP contribution in [0.1, 0.15) is 40.0 Å². The molecular weight excluding hydrogens is 478 g/mol. The summed E-state index contributed by atoms with van der Waals surface area (Å²) in [6, 6.07) is 22.2. The monoisotopic (exact) mass is 507 g/mol. The SMILES string of the molecule is COc1ccccc1NC(=O)C1=C(C)Nc2c(C(=O)Nc3ccc(C)cc3)cnn2C1c1cccc(C)c1. The third-order valence-corrected chi connectivity index (χ3v) is 6.54. The first-order chi connectivity index (χ1) is 18.4. The second kappa shape index (κ2) is 10.3. The third kappa shape index (κ3) is 4.76. The highest BCUT2D eigenvalue weighted by atomic mass is 16.5. The van der Waals surface area contributed by atoms with Gasteiger partial charge in [-0.3, -0.25) is 9.59 Å². The summed E-state index contributed by atoms with van der Waals surface area (Å²) in [6.45, 7) is 5.82. The molecule has 5 rings (SSSR count). The number of benzene rings is 3. The third-order valence-electron chi connectivity index (χ3n) is 6.54. The highest BCUT2D eigenvalue weighted by Crippen LogP contribution is 2.38. The van der Waals surface area contributed by atoms with E-state index in [1.165, 1.54) is 6.20 Å². The van der Waals surface area contributed by atoms with Crippen molar-refractivity contribution in [1.29, 1.82) is 0 Å². The molecule has 3 N–H and O–H groups in total. The first-order valence-electron chi connectivity index (χ1n) is 12.3. The van der Waals surface area contributed by atoms with Gasteiger partial charge in [-0.05, 0) is 50.6 Å². The number of methoxy groups -OCH3 is 1. The van der Waals surface area contributed by atoms with Crippen molar-refractivity contribution < 1.29 is 14.3 Å². The minimum absolute atomic E-state index is 0.291. The summed E-state index contributed by atoms with van der Waals surface area (Å²) < 4.78 is 7.12. The topological polar surface area (TPSA) is 97.3 Å². The van der Waals surface area contributed by atoms with Gasteiger partial charge in [-0.2, -0.15) is 5.10 Å². The summed E-state index contributed by atoms with van der Waals surface area (Å²) in [5.74, 6) is 0.496. The first kappa shape index (κ1) is 24.8. The molecule has 2 heterocycles. The number of para-hydroxylation sites is 2. The van der Waals surface area contributed by atoms with Crippen molar-refractivity contribution in [3.05, 3.63) is 113 Å². The Morgan fingerprint density at radius 3 is 2.39 bits per heavy atom. The lowest BCUT2D eigenvalue weighted by Gasteiger charge is -2.30. The molecule has 38 heavy (non-hydrogen) atoms. The molecule has 0 saturated carbocycles. The normalized spacial score (nSPS) is 14.4. The van der Waals surface area contributed by atoms with E-state index in [9.17, 15) is 9.59 Å². The molecule has 1 atom stereocenters. The number of anilines is 3. The molecule has 1 aliphatic rings. The number of carbonyl (C=O) groups excluding carboxylic acids is 2. The number of fused-ring (bicyclic) bond motifs is 1. The molecule has 4 aromatic rings. The lowest BCUT2D eigenvalue weighted by molar-refractivity contribution is -0.113. The van der Waals surface area contributed by atoms with Gasteiger partial charge in [-0.1, -0.05) is 59.7 Å². The number of nitrogens with zero attached hydrogens (tertiary/aromatic N) is 2. The van der Waals surface area contributed by atoms with Crippen LogP contribution in [-0.4, -0.2) is 28.7 Å². The van der Waals surface area contributed by atoms with Crippen LogP contribution in [0.2, 0.25) is 0 Å². The van der Waals surface area contributed by atoms with Crippen molar-refractivity contribution in [2.45, 2.75) is 26.8 Å². The van der Waals surface area contributed by atoms with Gasteiger partial charge >= 0.3 is 0 Å². The van der Waals surface area contributed by atoms with Crippen molar-refractivity contribution in [2.75, 3.05) is 23.1 Å². The smallest absolute Gasteiger partial charge is 0.261 e. The van der Waals surface area contributed by atoms with Gasteiger partial charge in [-0.15, -0.1) is 0 Å². The van der Waals surface area contributed by atoms with Crippen molar-refractivity contribution in [1.82, 2.24) is 9.78 Å². The molecule has 0 spiro atoms. The van der Waals surface area contributed by atoms with E-state index in [0.717, 1.165) is 16.7 Å². The Morgan fingerprint density at radius 1 is 0.895 bits per heavy atom. The van der Waals surface area contributed by atoms with E-state index in [1.807, 2.05) is 81.4 Å². The molecule has 2 amide bonds. The number of rotatable bonds is 6. The highest BCUT2D eigenvalue weighted by Gasteiger charge is 2.35. The predicted octanol–water partition coefficient (Wildman–Crippen LogP) is 5.69. The van der Waals surface area contributed by atoms with Gasteiger partial charge < -0.3 is 20.7 Å². The average Bonchev–Trinajstić information content (AvgIpc) is 3.33. The maximum absolute atomic E-state index is 13.7. The summed E-state index contributed by atoms with van der Waals surface area (Å²) in [5.41, 5.74) is 5.78. The molecule has 8 nitrogen and oxygen atoms in total. The van der Waals surface area contributed by atoms with E-state index in [1.54, 1.807) is 23.9 Å². The molecule has 0 radical (unpaired) electrons. The summed E-state index contributed by atoms with van der Waals surface area (Å²) >= 11 is 0. The Labute approximate surface area is 221 Å². The van der Waals surface area contributed by atoms with Gasteiger partial charge in [-0.25, -0.2) is 4.68 Å². The van der Waals surface area contributed by atoms with Crippen LogP contribution >= 0.6 is 0 Å². The first-order valence-corrected chi connectivity index (χ1v) is 12.3. The van der Waals surface area contributed by atoms with Crippen LogP contribution in [-0.2, 0) is 4.79 Å². The number of hydrogen-bond donors (Lipinski definition) is 3. The second-order valence-electron chi connectivity index (χ2n) is 9.31. The van der Waals surface area contributed by atoms with Gasteiger partial charge in [0.1, 0.15) is 23.2 Å². The molecule has 8 heteroatoms. The van der Waals surface area contributed by atoms with Crippen molar-refractivity contribution in [2.24, 2.45) is 0 Å². The lowest BCUT2D eigenvalue weighted by Crippen LogP contribution is -2.32. The van der Waals surface area contributed by atoms with Crippen LogP contribution in [0, 0.1) is 13.8 Å². The van der Waals surface area contributed by atoms with Crippen LogP contribution in [0.5, 0.6) is 5.75 Å². The fourth-order valence-electron chi connectivity index (χ4n) is 4.64. The Hall–Kier alpha value is -4.85. The van der Waals surface area contributed by atoms with Gasteiger partial charge in [0.05, 0.1) is 24.6 Å². The number of nitrogens with one attached hydrogen (secondary N) is 3. The fraction of sp³-hybridized carbons (Fsp3) is 0.167. The Morgan fingerprint density at radius 2 is 1.66 bits per heavy atom. The standard InChI is InChI=1S/C30H29N5O3/c1-18-12-14-22(15-13-18)33-29(36)23-17-31-35-27(21-9-7-8-19(2)16-21)26(20(3)32-28(23)35)30(37)34-24-10-5-6-11-25(24)38-4/h5-17,27,32H,1-4H3,(H,33,36)(H,34,37). The number of carbonyl (C=O) groups is 2. The quantitative estimate of drug-likeness (QED) is 0.312. The van der Waals surface area contributed by atoms with Gasteiger partial charge in [0, 0.05) is 11.4 Å². The summed E-state index contributed by atoms with van der Waals surface area (Å²) in [4.78, 5) is 27.0. The van der Waals surface area contributed by atoms with E-state index in [4.69, 9.17) is 4.74 Å². The largest absolute Gasteiger partial charge is 0.495 e. The number of aromatic nitrogens is 2. The molecule has 192 valence electrons. The minimum atomic E-state index is -0.554. The van der Waals surface area contributed by atoms with Crippen LogP contribution in [0.3, 0.4) is 0 Å². The number of aryl methyl sites for hydroxylation is 2. The van der Waals surface area contributed by atoms with Crippen LogP contribution in [0.25, 0.3) is 0 Å². The van der Waals surface area contributed by atoms with E-state index < -0.39 is 6.04 Å². The maximum atomic E-state index is 13.7. The van der Waals surface area contributed by atoms with Crippen molar-refractivity contribution >= 4 is 29.0 Å². The lowest BCUT2D eigenvalue weighted by atomic mass is 9.93. The Kier molecular flexibility index (Phi) is 6.70. The highest BCUT2D eigenvalue weighted by molar-refractivity contribution is 6.09. The molecule has 1 aliphatic heterocycles. The number of allylic oxidation sites excluding steroid dienone is 1. The molecule has 1 aromatic heterocycles. The zero-order chi connectivity index (χ0) is 26.8. The van der Waals surface area contributed by atoms with E-state index in [-0.39, 0.29) is 11.8 Å². The zero-order valence-corrected chi connectivity index (χ0v) is 21.7. The summed E-state index contributed by atoms with van der Waals surface area (Å²) in [7, 11) is 1.56. The van der Waals surface area contributed by atoms with Gasteiger partial charge in [0.15, 0.2) is 0 Å². The molecule has 0 fully saturated rings. The van der Waals surface area contributed by atoms with Crippen LogP contribution in [0.4, 0.5) is 17.2 Å². The molecular formula is C30H29N5O3. The Balaban J connectivity index is 1.54. The van der Waals surface area contributed by atoms with Crippen molar-refractivity contribution in [3.8, 4) is 5.75 Å². The number of hydrogen-bond acceptors (Lipinski definition) is 5. The Bertz CT molecular complexity index is 1550. The molecule has 0 bridgehead atoms. The van der Waals surface area contributed by atoms with Gasteiger partial charge in [0.25, 0.3) is 11.8 Å².